The molecule has 0 amide bonds. The van der Waals surface area contributed by atoms with Crippen LogP contribution >= 0.6 is 11.6 Å². The summed E-state index contributed by atoms with van der Waals surface area (Å²) < 4.78 is 0. The first-order valence-electron chi connectivity index (χ1n) is 8.05. The van der Waals surface area contributed by atoms with Gasteiger partial charge in [-0.15, -0.1) is 0 Å². The Bertz CT molecular complexity index is 924. The number of aromatic nitrogens is 2. The molecule has 0 atom stereocenters. The van der Waals surface area contributed by atoms with Crippen molar-refractivity contribution in [3.8, 4) is 33.9 Å². The Morgan fingerprint density at radius 3 is 1.48 bits per heavy atom. The van der Waals surface area contributed by atoms with Gasteiger partial charge >= 0.3 is 0 Å². The lowest BCUT2D eigenvalue weighted by Gasteiger charge is -2.09. The summed E-state index contributed by atoms with van der Waals surface area (Å²) in [6, 6.07) is 29.9. The Morgan fingerprint density at radius 1 is 0.520 bits per heavy atom. The van der Waals surface area contributed by atoms with E-state index in [1.54, 1.807) is 0 Å². The highest BCUT2D eigenvalue weighted by atomic mass is 35.5. The molecular formula is C22H15ClN2. The maximum Gasteiger partial charge on any atom is 0.160 e. The van der Waals surface area contributed by atoms with E-state index in [0.717, 1.165) is 28.1 Å². The normalized spacial score (nSPS) is 10.6. The van der Waals surface area contributed by atoms with E-state index >= 15 is 0 Å². The van der Waals surface area contributed by atoms with E-state index < -0.39 is 0 Å². The van der Waals surface area contributed by atoms with Crippen molar-refractivity contribution < 1.29 is 0 Å². The monoisotopic (exact) mass is 342 g/mol. The molecule has 25 heavy (non-hydrogen) atoms. The molecule has 3 heteroatoms. The Morgan fingerprint density at radius 2 is 1.00 bits per heavy atom. The molecule has 3 aromatic carbocycles. The van der Waals surface area contributed by atoms with Gasteiger partial charge in [0, 0.05) is 21.7 Å². The van der Waals surface area contributed by atoms with Crippen molar-refractivity contribution >= 4 is 11.6 Å². The van der Waals surface area contributed by atoms with Crippen LogP contribution in [0.3, 0.4) is 0 Å². The van der Waals surface area contributed by atoms with E-state index in [0.29, 0.717) is 10.8 Å². The van der Waals surface area contributed by atoms with Crippen molar-refractivity contribution in [2.45, 2.75) is 0 Å². The number of hydrogen-bond donors (Lipinski definition) is 0. The van der Waals surface area contributed by atoms with E-state index in [4.69, 9.17) is 21.6 Å². The highest BCUT2D eigenvalue weighted by molar-refractivity contribution is 6.30. The summed E-state index contributed by atoms with van der Waals surface area (Å²) in [4.78, 5) is 9.55. The molecule has 1 heterocycles. The summed E-state index contributed by atoms with van der Waals surface area (Å²) in [7, 11) is 0. The zero-order chi connectivity index (χ0) is 17.1. The quantitative estimate of drug-likeness (QED) is 0.447. The average molecular weight is 343 g/mol. The zero-order valence-electron chi connectivity index (χ0n) is 13.4. The number of halogens is 1. The largest absolute Gasteiger partial charge is 0.228 e. The van der Waals surface area contributed by atoms with Gasteiger partial charge in [-0.1, -0.05) is 72.3 Å². The molecule has 0 spiro atoms. The minimum Gasteiger partial charge on any atom is -0.228 e. The minimum atomic E-state index is 0.692. The van der Waals surface area contributed by atoms with Gasteiger partial charge < -0.3 is 0 Å². The van der Waals surface area contributed by atoms with Crippen LogP contribution in [0.1, 0.15) is 0 Å². The third-order valence-electron chi connectivity index (χ3n) is 3.97. The molecule has 0 bridgehead atoms. The zero-order valence-corrected chi connectivity index (χ0v) is 14.2. The first kappa shape index (κ1) is 15.6. The van der Waals surface area contributed by atoms with Gasteiger partial charge in [-0.2, -0.15) is 0 Å². The van der Waals surface area contributed by atoms with Crippen LogP contribution in [0.5, 0.6) is 0 Å². The van der Waals surface area contributed by atoms with E-state index in [2.05, 4.69) is 24.3 Å². The van der Waals surface area contributed by atoms with Gasteiger partial charge in [0.1, 0.15) is 0 Å². The Hall–Kier alpha value is -2.97. The summed E-state index contributed by atoms with van der Waals surface area (Å²) >= 11 is 6.01. The predicted molar refractivity (Wildman–Crippen MR) is 103 cm³/mol. The molecule has 0 aliphatic heterocycles. The van der Waals surface area contributed by atoms with Gasteiger partial charge in [0.15, 0.2) is 5.82 Å². The predicted octanol–water partition coefficient (Wildman–Crippen LogP) is 6.13. The Kier molecular flexibility index (Phi) is 4.28. The summed E-state index contributed by atoms with van der Waals surface area (Å²) in [5, 5.41) is 0.700. The number of nitrogens with zero attached hydrogens (tertiary/aromatic N) is 2. The van der Waals surface area contributed by atoms with Gasteiger partial charge in [0.25, 0.3) is 0 Å². The molecule has 0 unspecified atom stereocenters. The van der Waals surface area contributed by atoms with Crippen LogP contribution in [0.15, 0.2) is 91.0 Å². The fraction of sp³-hybridized carbons (Fsp3) is 0. The first-order valence-corrected chi connectivity index (χ1v) is 8.43. The van der Waals surface area contributed by atoms with Gasteiger partial charge in [-0.3, -0.25) is 0 Å². The van der Waals surface area contributed by atoms with Crippen LogP contribution in [-0.2, 0) is 0 Å². The van der Waals surface area contributed by atoms with Crippen LogP contribution < -0.4 is 0 Å². The molecule has 0 saturated carbocycles. The molecule has 0 N–H and O–H groups in total. The van der Waals surface area contributed by atoms with E-state index in [-0.39, 0.29) is 0 Å². The van der Waals surface area contributed by atoms with Crippen LogP contribution in [0.2, 0.25) is 5.02 Å². The lowest BCUT2D eigenvalue weighted by Crippen LogP contribution is -1.95. The second-order valence-corrected chi connectivity index (χ2v) is 6.14. The number of hydrogen-bond acceptors (Lipinski definition) is 2. The fourth-order valence-corrected chi connectivity index (χ4v) is 2.81. The van der Waals surface area contributed by atoms with Crippen molar-refractivity contribution in [3.05, 3.63) is 96.0 Å². The maximum absolute atomic E-state index is 6.01. The van der Waals surface area contributed by atoms with Gasteiger partial charge in [-0.25, -0.2) is 9.97 Å². The first-order chi connectivity index (χ1) is 12.3. The summed E-state index contributed by atoms with van der Waals surface area (Å²) in [5.41, 5.74) is 4.88. The van der Waals surface area contributed by atoms with Crippen molar-refractivity contribution in [1.29, 1.82) is 0 Å². The topological polar surface area (TPSA) is 25.8 Å². The third kappa shape index (κ3) is 3.44. The number of rotatable bonds is 3. The molecule has 1 aromatic heterocycles. The Balaban J connectivity index is 1.90. The van der Waals surface area contributed by atoms with Crippen molar-refractivity contribution in [2.75, 3.05) is 0 Å². The van der Waals surface area contributed by atoms with Gasteiger partial charge in [0.2, 0.25) is 0 Å². The van der Waals surface area contributed by atoms with Gasteiger partial charge in [-0.05, 0) is 30.3 Å². The van der Waals surface area contributed by atoms with E-state index in [1.165, 1.54) is 0 Å². The van der Waals surface area contributed by atoms with Crippen molar-refractivity contribution in [2.24, 2.45) is 0 Å². The molecule has 0 aliphatic carbocycles. The molecular weight excluding hydrogens is 328 g/mol. The van der Waals surface area contributed by atoms with E-state index in [9.17, 15) is 0 Å². The molecule has 0 aliphatic rings. The second-order valence-electron chi connectivity index (χ2n) is 5.70. The fourth-order valence-electron chi connectivity index (χ4n) is 2.69. The van der Waals surface area contributed by atoms with E-state index in [1.807, 2.05) is 66.7 Å². The lowest BCUT2D eigenvalue weighted by atomic mass is 10.1. The van der Waals surface area contributed by atoms with Crippen LogP contribution in [0, 0.1) is 0 Å². The summed E-state index contributed by atoms with van der Waals surface area (Å²) in [6.07, 6.45) is 0. The molecule has 0 fully saturated rings. The smallest absolute Gasteiger partial charge is 0.160 e. The van der Waals surface area contributed by atoms with Gasteiger partial charge in [0.05, 0.1) is 11.4 Å². The SMILES string of the molecule is Clc1ccc(-c2nc(-c3ccccc3)cc(-c3ccccc3)n2)cc1. The van der Waals surface area contributed by atoms with Crippen molar-refractivity contribution in [3.63, 3.8) is 0 Å². The molecule has 4 rings (SSSR count). The van der Waals surface area contributed by atoms with Crippen LogP contribution in [0.25, 0.3) is 33.9 Å². The van der Waals surface area contributed by atoms with Crippen molar-refractivity contribution in [1.82, 2.24) is 9.97 Å². The molecule has 0 radical (unpaired) electrons. The minimum absolute atomic E-state index is 0.692. The third-order valence-corrected chi connectivity index (χ3v) is 4.22. The highest BCUT2D eigenvalue weighted by Gasteiger charge is 2.10. The second kappa shape index (κ2) is 6.88. The summed E-state index contributed by atoms with van der Waals surface area (Å²) in [5.74, 6) is 0.692. The molecule has 120 valence electrons. The van der Waals surface area contributed by atoms with Crippen LogP contribution in [-0.4, -0.2) is 9.97 Å². The Labute approximate surface area is 151 Å². The standard InChI is InChI=1S/C22H15ClN2/c23-19-13-11-18(12-14-19)22-24-20(16-7-3-1-4-8-16)15-21(25-22)17-9-5-2-6-10-17/h1-15H. The molecule has 4 aromatic rings. The lowest BCUT2D eigenvalue weighted by molar-refractivity contribution is 1.18. The van der Waals surface area contributed by atoms with Crippen LogP contribution in [0.4, 0.5) is 0 Å². The average Bonchev–Trinajstić information content (AvgIpc) is 2.69. The highest BCUT2D eigenvalue weighted by Crippen LogP contribution is 2.27. The molecule has 2 nitrogen and oxygen atoms in total. The maximum atomic E-state index is 6.01. The number of benzene rings is 3. The summed E-state index contributed by atoms with van der Waals surface area (Å²) in [6.45, 7) is 0. The molecule has 0 saturated heterocycles.